The maximum absolute atomic E-state index is 13.5. The van der Waals surface area contributed by atoms with Crippen molar-refractivity contribution in [3.8, 4) is 0 Å². The predicted molar refractivity (Wildman–Crippen MR) is 147 cm³/mol. The summed E-state index contributed by atoms with van der Waals surface area (Å²) in [5.41, 5.74) is -3.18. The van der Waals surface area contributed by atoms with Gasteiger partial charge < -0.3 is 10.0 Å². The Bertz CT molecular complexity index is 1550. The fraction of sp³-hybridized carbons (Fsp3) is 0.346. The molecule has 0 saturated carbocycles. The number of aliphatic hydroxyl groups is 1. The summed E-state index contributed by atoms with van der Waals surface area (Å²) in [6, 6.07) is 8.08. The number of halogens is 4. The highest BCUT2D eigenvalue weighted by Gasteiger charge is 2.51. The van der Waals surface area contributed by atoms with Gasteiger partial charge in [0.15, 0.2) is 15.4 Å². The molecule has 1 fully saturated rings. The van der Waals surface area contributed by atoms with Crippen LogP contribution < -0.4 is 4.90 Å². The summed E-state index contributed by atoms with van der Waals surface area (Å²) in [7, 11) is -8.11. The van der Waals surface area contributed by atoms with E-state index in [1.807, 2.05) is 0 Å². The van der Waals surface area contributed by atoms with Gasteiger partial charge in [-0.15, -0.1) is 0 Å². The molecule has 1 heterocycles. The highest BCUT2D eigenvalue weighted by Crippen LogP contribution is 2.39. The van der Waals surface area contributed by atoms with Gasteiger partial charge in [-0.3, -0.25) is 0 Å². The number of sulfonamides is 1. The van der Waals surface area contributed by atoms with Crippen molar-refractivity contribution in [1.82, 2.24) is 4.31 Å². The summed E-state index contributed by atoms with van der Waals surface area (Å²) in [6.45, 7) is 0.354. The van der Waals surface area contributed by atoms with Gasteiger partial charge >= 0.3 is 6.18 Å². The lowest BCUT2D eigenvalue weighted by Gasteiger charge is -2.42. The molecule has 2 aromatic carbocycles. The molecule has 14 heteroatoms. The van der Waals surface area contributed by atoms with Crippen molar-refractivity contribution in [2.75, 3.05) is 30.3 Å². The zero-order valence-electron chi connectivity index (χ0n) is 21.2. The second-order valence-corrected chi connectivity index (χ2v) is 14.1. The SMILES string of the molecule is C[C@](O)(c1ccc(N2CCN(S(=O)(=O)C3=CC=CCC3=S)C[C@@H]2CS(=O)(=O)c2ccc(F)cc2)cc1)C(F)(F)F. The molecule has 4 rings (SSSR count). The monoisotopic (exact) mass is 618 g/mol. The molecular formula is C26H26F4N2O5S3. The molecule has 216 valence electrons. The summed E-state index contributed by atoms with van der Waals surface area (Å²) in [6.07, 6.45) is 0.0354. The number of hydrogen-bond acceptors (Lipinski definition) is 7. The summed E-state index contributed by atoms with van der Waals surface area (Å²) in [4.78, 5) is 1.63. The highest BCUT2D eigenvalue weighted by molar-refractivity contribution is 7.96. The maximum atomic E-state index is 13.5. The lowest BCUT2D eigenvalue weighted by molar-refractivity contribution is -0.258. The highest BCUT2D eigenvalue weighted by atomic mass is 32.2. The molecule has 2 aromatic rings. The zero-order valence-corrected chi connectivity index (χ0v) is 23.6. The first-order valence-electron chi connectivity index (χ1n) is 12.1. The Hall–Kier alpha value is -2.65. The van der Waals surface area contributed by atoms with Crippen LogP contribution in [0.5, 0.6) is 0 Å². The van der Waals surface area contributed by atoms with Crippen molar-refractivity contribution < 1.29 is 39.5 Å². The van der Waals surface area contributed by atoms with E-state index in [9.17, 15) is 39.5 Å². The van der Waals surface area contributed by atoms with Gasteiger partial charge in [0.1, 0.15) is 5.82 Å². The maximum Gasteiger partial charge on any atom is 0.421 e. The summed E-state index contributed by atoms with van der Waals surface area (Å²) >= 11 is 5.24. The summed E-state index contributed by atoms with van der Waals surface area (Å²) in [5, 5.41) is 10.0. The quantitative estimate of drug-likeness (QED) is 0.284. The Morgan fingerprint density at radius 2 is 1.62 bits per heavy atom. The molecule has 0 unspecified atom stereocenters. The minimum atomic E-state index is -4.93. The molecule has 2 atom stereocenters. The molecule has 1 saturated heterocycles. The van der Waals surface area contributed by atoms with Gasteiger partial charge in [-0.2, -0.15) is 17.5 Å². The van der Waals surface area contributed by atoms with E-state index < -0.39 is 54.8 Å². The number of hydrogen-bond donors (Lipinski definition) is 1. The van der Waals surface area contributed by atoms with Gasteiger partial charge in [0.2, 0.25) is 10.0 Å². The smallest absolute Gasteiger partial charge is 0.376 e. The molecule has 40 heavy (non-hydrogen) atoms. The van der Waals surface area contributed by atoms with Crippen molar-refractivity contribution in [2.45, 2.75) is 36.1 Å². The topological polar surface area (TPSA) is 95.0 Å². The van der Waals surface area contributed by atoms with Crippen LogP contribution in [0.2, 0.25) is 0 Å². The number of thiocarbonyl (C=S) groups is 1. The van der Waals surface area contributed by atoms with Gasteiger partial charge in [-0.05, 0) is 55.0 Å². The average molecular weight is 619 g/mol. The number of piperazine rings is 1. The molecule has 1 aliphatic heterocycles. The molecule has 0 spiro atoms. The van der Waals surface area contributed by atoms with E-state index in [0.29, 0.717) is 12.6 Å². The lowest BCUT2D eigenvalue weighted by atomic mass is 9.95. The second-order valence-electron chi connectivity index (χ2n) is 9.65. The minimum Gasteiger partial charge on any atom is -0.376 e. The van der Waals surface area contributed by atoms with Crippen LogP contribution in [0.1, 0.15) is 18.9 Å². The number of nitrogens with zero attached hydrogens (tertiary/aromatic N) is 2. The fourth-order valence-corrected chi connectivity index (χ4v) is 8.16. The van der Waals surface area contributed by atoms with Crippen molar-refractivity contribution in [3.63, 3.8) is 0 Å². The average Bonchev–Trinajstić information content (AvgIpc) is 2.88. The van der Waals surface area contributed by atoms with Gasteiger partial charge in [-0.1, -0.05) is 36.5 Å². The van der Waals surface area contributed by atoms with Crippen LogP contribution in [0.15, 0.2) is 76.6 Å². The lowest BCUT2D eigenvalue weighted by Crippen LogP contribution is -2.57. The van der Waals surface area contributed by atoms with E-state index in [1.54, 1.807) is 17.1 Å². The molecular weight excluding hydrogens is 592 g/mol. The molecule has 1 aliphatic carbocycles. The summed E-state index contributed by atoms with van der Waals surface area (Å²) < 4.78 is 108. The molecule has 0 amide bonds. The van der Waals surface area contributed by atoms with E-state index in [-0.39, 0.29) is 40.7 Å². The first-order chi connectivity index (χ1) is 18.5. The van der Waals surface area contributed by atoms with Gasteiger partial charge in [0, 0.05) is 36.6 Å². The van der Waals surface area contributed by atoms with Crippen molar-refractivity contribution in [2.24, 2.45) is 0 Å². The van der Waals surface area contributed by atoms with Gasteiger partial charge in [-0.25, -0.2) is 21.2 Å². The van der Waals surface area contributed by atoms with Crippen molar-refractivity contribution in [3.05, 3.63) is 83.0 Å². The predicted octanol–water partition coefficient (Wildman–Crippen LogP) is 4.10. The Morgan fingerprint density at radius 3 is 2.20 bits per heavy atom. The largest absolute Gasteiger partial charge is 0.421 e. The number of sulfone groups is 1. The number of allylic oxidation sites excluding steroid dienone is 4. The number of alkyl halides is 3. The van der Waals surface area contributed by atoms with Crippen LogP contribution in [0.4, 0.5) is 23.2 Å². The number of anilines is 1. The third-order valence-electron chi connectivity index (χ3n) is 6.92. The number of benzene rings is 2. The molecule has 0 bridgehead atoms. The molecule has 7 nitrogen and oxygen atoms in total. The Balaban J connectivity index is 1.69. The molecule has 0 radical (unpaired) electrons. The van der Waals surface area contributed by atoms with Crippen LogP contribution in [0, 0.1) is 5.82 Å². The van der Waals surface area contributed by atoms with E-state index in [4.69, 9.17) is 12.2 Å². The Morgan fingerprint density at radius 1 is 1.00 bits per heavy atom. The van der Waals surface area contributed by atoms with Gasteiger partial charge in [0.05, 0.1) is 21.6 Å². The standard InChI is InChI=1S/C26H26F4N2O5S3/c1-25(33,26(28,29)30)18-6-10-20(11-7-18)32-15-14-31(40(36,37)24-5-3-2-4-23(24)38)16-21(32)17-39(34,35)22-12-8-19(27)9-13-22/h2-3,5-13,21,33H,4,14-17H2,1H3/t21-,25+/m1/s1. The van der Waals surface area contributed by atoms with Crippen LogP contribution >= 0.6 is 12.2 Å². The molecule has 0 aromatic heterocycles. The fourth-order valence-electron chi connectivity index (χ4n) is 4.55. The molecule has 2 aliphatic rings. The van der Waals surface area contributed by atoms with Crippen LogP contribution in [0.25, 0.3) is 0 Å². The third kappa shape index (κ3) is 6.00. The Labute approximate surface area is 235 Å². The van der Waals surface area contributed by atoms with Crippen LogP contribution in [-0.2, 0) is 25.5 Å². The third-order valence-corrected chi connectivity index (χ3v) is 11.2. The molecule has 1 N–H and O–H groups in total. The van der Waals surface area contributed by atoms with Crippen molar-refractivity contribution in [1.29, 1.82) is 0 Å². The first kappa shape index (κ1) is 30.3. The zero-order chi connectivity index (χ0) is 29.5. The second kappa shape index (κ2) is 11.0. The van der Waals surface area contributed by atoms with Gasteiger partial charge in [0.25, 0.3) is 0 Å². The first-order valence-corrected chi connectivity index (χ1v) is 15.6. The van der Waals surface area contributed by atoms with E-state index in [1.165, 1.54) is 18.2 Å². The Kier molecular flexibility index (Phi) is 8.31. The van der Waals surface area contributed by atoms with E-state index in [0.717, 1.165) is 40.7 Å². The van der Waals surface area contributed by atoms with Crippen molar-refractivity contribution >= 4 is 42.6 Å². The normalized spacial score (nSPS) is 20.8. The summed E-state index contributed by atoms with van der Waals surface area (Å²) in [5.74, 6) is -1.19. The van der Waals surface area contributed by atoms with E-state index in [2.05, 4.69) is 0 Å². The minimum absolute atomic E-state index is 0.0216. The van der Waals surface area contributed by atoms with Crippen LogP contribution in [0.3, 0.4) is 0 Å². The van der Waals surface area contributed by atoms with E-state index >= 15 is 0 Å². The van der Waals surface area contributed by atoms with Crippen LogP contribution in [-0.4, -0.2) is 68.7 Å². The number of rotatable bonds is 7.